The fourth-order valence-corrected chi connectivity index (χ4v) is 1.28. The molecule has 0 saturated heterocycles. The summed E-state index contributed by atoms with van der Waals surface area (Å²) in [6, 6.07) is 0. The van der Waals surface area contributed by atoms with E-state index in [1.165, 1.54) is 0 Å². The zero-order valence-electron chi connectivity index (χ0n) is 11.4. The fraction of sp³-hybridized carbons (Fsp3) is 0.600. The second-order valence-corrected chi connectivity index (χ2v) is 4.26. The largest absolute Gasteiger partial charge is 0.481 e. The molecule has 0 aliphatic carbocycles. The summed E-state index contributed by atoms with van der Waals surface area (Å²) >= 11 is 0. The predicted octanol–water partition coefficient (Wildman–Crippen LogP) is 1.64. The fourth-order valence-electron chi connectivity index (χ4n) is 1.28. The normalized spacial score (nSPS) is 9.30. The molecule has 0 unspecified atom stereocenters. The second kappa shape index (κ2) is 12.1. The van der Waals surface area contributed by atoms with Gasteiger partial charge >= 0.3 is 11.9 Å². The van der Waals surface area contributed by atoms with Crippen molar-refractivity contribution in [2.75, 3.05) is 0 Å². The van der Waals surface area contributed by atoms with E-state index in [4.69, 9.17) is 10.2 Å². The van der Waals surface area contributed by atoms with Crippen LogP contribution < -0.4 is 0 Å². The summed E-state index contributed by atoms with van der Waals surface area (Å²) in [5.41, 5.74) is 0. The molecule has 5 heteroatoms. The number of carbonyl (C=O) groups is 2. The van der Waals surface area contributed by atoms with E-state index in [-0.39, 0.29) is 12.8 Å². The van der Waals surface area contributed by atoms with Gasteiger partial charge < -0.3 is 15.3 Å². The summed E-state index contributed by atoms with van der Waals surface area (Å²) in [5, 5.41) is 26.4. The van der Waals surface area contributed by atoms with Gasteiger partial charge in [0.25, 0.3) is 0 Å². The number of unbranched alkanes of at least 4 members (excludes halogenated alkanes) is 2. The Morgan fingerprint density at radius 3 is 1.55 bits per heavy atom. The molecule has 0 atom stereocenters. The molecule has 0 fully saturated rings. The summed E-state index contributed by atoms with van der Waals surface area (Å²) < 4.78 is 0. The smallest absolute Gasteiger partial charge is 0.303 e. The van der Waals surface area contributed by atoms with Crippen LogP contribution >= 0.6 is 0 Å². The Bertz CT molecular complexity index is 379. The van der Waals surface area contributed by atoms with Gasteiger partial charge in [0.05, 0.1) is 6.10 Å². The van der Waals surface area contributed by atoms with E-state index in [0.717, 1.165) is 0 Å². The van der Waals surface area contributed by atoms with Gasteiger partial charge in [-0.05, 0) is 12.8 Å². The molecule has 0 amide bonds. The molecule has 3 N–H and O–H groups in total. The number of aliphatic hydroxyl groups is 1. The highest BCUT2D eigenvalue weighted by Crippen LogP contribution is 1.98. The van der Waals surface area contributed by atoms with Crippen molar-refractivity contribution in [3.05, 3.63) is 0 Å². The second-order valence-electron chi connectivity index (χ2n) is 4.26. The Morgan fingerprint density at radius 1 is 0.800 bits per heavy atom. The lowest BCUT2D eigenvalue weighted by Crippen LogP contribution is -2.03. The number of hydrogen-bond donors (Lipinski definition) is 3. The van der Waals surface area contributed by atoms with Crippen LogP contribution in [0.2, 0.25) is 0 Å². The van der Waals surface area contributed by atoms with Gasteiger partial charge in [0.1, 0.15) is 0 Å². The quantitative estimate of drug-likeness (QED) is 0.464. The molecule has 0 aromatic heterocycles. The van der Waals surface area contributed by atoms with E-state index in [2.05, 4.69) is 23.7 Å². The zero-order valence-corrected chi connectivity index (χ0v) is 11.4. The number of carboxylic acids is 2. The van der Waals surface area contributed by atoms with Crippen LogP contribution in [0.25, 0.3) is 0 Å². The SMILES string of the molecule is O=C(O)CCCC#CCC(O)CC#CCCCC(=O)O. The third-order valence-corrected chi connectivity index (χ3v) is 2.31. The Labute approximate surface area is 119 Å². The summed E-state index contributed by atoms with van der Waals surface area (Å²) in [6.07, 6.45) is 2.30. The van der Waals surface area contributed by atoms with Crippen molar-refractivity contribution in [3.63, 3.8) is 0 Å². The minimum Gasteiger partial charge on any atom is -0.481 e. The molecule has 0 spiro atoms. The monoisotopic (exact) mass is 280 g/mol. The van der Waals surface area contributed by atoms with Crippen molar-refractivity contribution in [2.45, 2.75) is 57.5 Å². The van der Waals surface area contributed by atoms with Crippen LogP contribution in [-0.2, 0) is 9.59 Å². The van der Waals surface area contributed by atoms with Crippen molar-refractivity contribution in [3.8, 4) is 23.7 Å². The lowest BCUT2D eigenvalue weighted by Gasteiger charge is -1.99. The third-order valence-electron chi connectivity index (χ3n) is 2.31. The maximum atomic E-state index is 10.2. The minimum absolute atomic E-state index is 0.110. The molecule has 20 heavy (non-hydrogen) atoms. The van der Waals surface area contributed by atoms with E-state index in [0.29, 0.717) is 38.5 Å². The Hall–Kier alpha value is -1.98. The topological polar surface area (TPSA) is 94.8 Å². The third kappa shape index (κ3) is 14.1. The van der Waals surface area contributed by atoms with E-state index in [1.54, 1.807) is 0 Å². The highest BCUT2D eigenvalue weighted by Gasteiger charge is 1.98. The highest BCUT2D eigenvalue weighted by molar-refractivity contribution is 5.66. The number of carboxylic acid groups (broad SMARTS) is 2. The molecule has 5 nitrogen and oxygen atoms in total. The molecule has 0 aromatic rings. The van der Waals surface area contributed by atoms with Crippen LogP contribution in [0.5, 0.6) is 0 Å². The Morgan fingerprint density at radius 2 is 1.20 bits per heavy atom. The van der Waals surface area contributed by atoms with Gasteiger partial charge in [-0.3, -0.25) is 9.59 Å². The Kier molecular flexibility index (Phi) is 10.9. The predicted molar refractivity (Wildman–Crippen MR) is 73.8 cm³/mol. The lowest BCUT2D eigenvalue weighted by atomic mass is 10.1. The van der Waals surface area contributed by atoms with Gasteiger partial charge in [-0.15, -0.1) is 23.7 Å². The number of aliphatic carboxylic acids is 2. The molecule has 0 saturated carbocycles. The van der Waals surface area contributed by atoms with Crippen molar-refractivity contribution >= 4 is 11.9 Å². The average molecular weight is 280 g/mol. The molecule has 0 radical (unpaired) electrons. The molecule has 0 aliphatic heterocycles. The van der Waals surface area contributed by atoms with Gasteiger partial charge in [0.2, 0.25) is 0 Å². The lowest BCUT2D eigenvalue weighted by molar-refractivity contribution is -0.138. The van der Waals surface area contributed by atoms with Gasteiger partial charge in [0.15, 0.2) is 0 Å². The molecule has 110 valence electrons. The number of rotatable bonds is 8. The minimum atomic E-state index is -0.829. The van der Waals surface area contributed by atoms with Crippen LogP contribution in [0.1, 0.15) is 51.4 Å². The van der Waals surface area contributed by atoms with E-state index < -0.39 is 18.0 Å². The average Bonchev–Trinajstić information content (AvgIpc) is 2.37. The van der Waals surface area contributed by atoms with Gasteiger partial charge in [-0.2, -0.15) is 0 Å². The summed E-state index contributed by atoms with van der Waals surface area (Å²) in [6.45, 7) is 0. The molecule has 0 heterocycles. The molecule has 0 bridgehead atoms. The van der Waals surface area contributed by atoms with Crippen LogP contribution in [0.15, 0.2) is 0 Å². The van der Waals surface area contributed by atoms with Crippen molar-refractivity contribution in [1.82, 2.24) is 0 Å². The first kappa shape index (κ1) is 18.0. The van der Waals surface area contributed by atoms with E-state index in [1.807, 2.05) is 0 Å². The van der Waals surface area contributed by atoms with Crippen LogP contribution in [0.3, 0.4) is 0 Å². The van der Waals surface area contributed by atoms with Crippen LogP contribution in [0.4, 0.5) is 0 Å². The van der Waals surface area contributed by atoms with Crippen molar-refractivity contribution in [1.29, 1.82) is 0 Å². The summed E-state index contributed by atoms with van der Waals surface area (Å²) in [5.74, 6) is 9.53. The highest BCUT2D eigenvalue weighted by atomic mass is 16.4. The first-order valence-corrected chi connectivity index (χ1v) is 6.55. The van der Waals surface area contributed by atoms with Crippen LogP contribution in [-0.4, -0.2) is 33.4 Å². The van der Waals surface area contributed by atoms with Crippen molar-refractivity contribution in [2.24, 2.45) is 0 Å². The van der Waals surface area contributed by atoms with E-state index >= 15 is 0 Å². The van der Waals surface area contributed by atoms with E-state index in [9.17, 15) is 14.7 Å². The Balaban J connectivity index is 3.61. The standard InChI is InChI=1S/C15H20O5/c16-13(9-5-1-3-7-11-14(17)18)10-6-2-4-8-12-15(19)20/h13,16H,3-4,7-12H2,(H,17,18)(H,19,20). The summed E-state index contributed by atoms with van der Waals surface area (Å²) in [7, 11) is 0. The van der Waals surface area contributed by atoms with Gasteiger partial charge in [-0.1, -0.05) is 0 Å². The van der Waals surface area contributed by atoms with Crippen LogP contribution in [0, 0.1) is 23.7 Å². The first-order valence-electron chi connectivity index (χ1n) is 6.55. The molecule has 0 aliphatic rings. The first-order chi connectivity index (χ1) is 9.52. The molecular formula is C15H20O5. The zero-order chi connectivity index (χ0) is 15.2. The molecular weight excluding hydrogens is 260 g/mol. The maximum absolute atomic E-state index is 10.2. The molecule has 0 rings (SSSR count). The molecule has 0 aromatic carbocycles. The van der Waals surface area contributed by atoms with Gasteiger partial charge in [-0.25, -0.2) is 0 Å². The number of hydrogen-bond acceptors (Lipinski definition) is 3. The maximum Gasteiger partial charge on any atom is 0.303 e. The summed E-state index contributed by atoms with van der Waals surface area (Å²) in [4.78, 5) is 20.5. The van der Waals surface area contributed by atoms with Gasteiger partial charge in [0, 0.05) is 38.5 Å². The van der Waals surface area contributed by atoms with Crippen molar-refractivity contribution < 1.29 is 24.9 Å². The number of aliphatic hydroxyl groups excluding tert-OH is 1.